The molecule has 7 nitrogen and oxygen atoms in total. The van der Waals surface area contributed by atoms with E-state index in [-0.39, 0.29) is 36.4 Å². The Morgan fingerprint density at radius 1 is 1.00 bits per heavy atom. The highest BCUT2D eigenvalue weighted by molar-refractivity contribution is 6.34. The van der Waals surface area contributed by atoms with E-state index in [1.54, 1.807) is 48.5 Å². The van der Waals surface area contributed by atoms with Crippen molar-refractivity contribution in [3.05, 3.63) is 71.3 Å². The number of carbonyl (C=O) groups excluding carboxylic acids is 3. The second-order valence-electron chi connectivity index (χ2n) is 9.12. The lowest BCUT2D eigenvalue weighted by Crippen LogP contribution is -2.48. The van der Waals surface area contributed by atoms with Gasteiger partial charge in [0.15, 0.2) is 11.6 Å². The average molecular weight is 465 g/mol. The zero-order valence-corrected chi connectivity index (χ0v) is 19.7. The molecule has 4 rings (SSSR count). The van der Waals surface area contributed by atoms with Crippen LogP contribution < -0.4 is 5.32 Å². The Labute approximate surface area is 200 Å². The molecule has 0 radical (unpaired) electrons. The maximum atomic E-state index is 13.5. The molecule has 1 aliphatic heterocycles. The number of nitrogens with zero attached hydrogens (tertiary/aromatic N) is 1. The van der Waals surface area contributed by atoms with Crippen molar-refractivity contribution in [1.29, 1.82) is 0 Å². The van der Waals surface area contributed by atoms with Crippen molar-refractivity contribution in [1.82, 2.24) is 10.2 Å². The number of benzene rings is 2. The van der Waals surface area contributed by atoms with Crippen LogP contribution >= 0.6 is 0 Å². The van der Waals surface area contributed by atoms with Crippen LogP contribution in [0.15, 0.2) is 54.6 Å². The zero-order valence-electron chi connectivity index (χ0n) is 19.7. The lowest BCUT2D eigenvalue weighted by Gasteiger charge is -2.32. The SMILES string of the molecule is CC(C)C(CNC(=O)CC1(c2ccccc2)C(=O)c2ccccc2C1=O)N1CCCC1.O=CO. The van der Waals surface area contributed by atoms with Crippen LogP contribution in [-0.4, -0.2) is 59.6 Å². The minimum Gasteiger partial charge on any atom is -0.483 e. The second-order valence-corrected chi connectivity index (χ2v) is 9.12. The number of ketones is 2. The topological polar surface area (TPSA) is 104 Å². The molecule has 1 saturated heterocycles. The first-order valence-electron chi connectivity index (χ1n) is 11.7. The molecule has 2 N–H and O–H groups in total. The van der Waals surface area contributed by atoms with Gasteiger partial charge in [-0.2, -0.15) is 0 Å². The third-order valence-corrected chi connectivity index (χ3v) is 6.77. The van der Waals surface area contributed by atoms with Gasteiger partial charge in [-0.1, -0.05) is 68.4 Å². The van der Waals surface area contributed by atoms with Gasteiger partial charge in [-0.15, -0.1) is 0 Å². The summed E-state index contributed by atoms with van der Waals surface area (Å²) in [6.45, 7) is 6.72. The van der Waals surface area contributed by atoms with Gasteiger partial charge in [0, 0.05) is 23.7 Å². The zero-order chi connectivity index (χ0) is 24.7. The molecule has 1 amide bonds. The lowest BCUT2D eigenvalue weighted by molar-refractivity contribution is -0.123. The van der Waals surface area contributed by atoms with Gasteiger partial charge in [-0.25, -0.2) is 0 Å². The number of amides is 1. The van der Waals surface area contributed by atoms with Crippen molar-refractivity contribution in [2.24, 2.45) is 5.92 Å². The van der Waals surface area contributed by atoms with E-state index in [4.69, 9.17) is 9.90 Å². The predicted molar refractivity (Wildman–Crippen MR) is 129 cm³/mol. The quantitative estimate of drug-likeness (QED) is 0.481. The van der Waals surface area contributed by atoms with Crippen LogP contribution in [0.25, 0.3) is 0 Å². The van der Waals surface area contributed by atoms with Crippen LogP contribution in [0, 0.1) is 5.92 Å². The van der Waals surface area contributed by atoms with Gasteiger partial charge >= 0.3 is 0 Å². The number of hydrogen-bond donors (Lipinski definition) is 2. The Balaban J connectivity index is 0.00000103. The summed E-state index contributed by atoms with van der Waals surface area (Å²) in [6, 6.07) is 16.1. The standard InChI is InChI=1S/C26H30N2O3.CH2O2/c1-18(2)22(28-14-8-9-15-28)17-27-23(29)16-26(19-10-4-3-5-11-19)24(30)20-12-6-7-13-21(20)25(26)31;2-1-3/h3-7,10-13,18,22H,8-9,14-17H2,1-2H3,(H,27,29);1H,(H,2,3). The molecule has 0 bridgehead atoms. The number of fused-ring (bicyclic) bond motifs is 1. The van der Waals surface area contributed by atoms with Gasteiger partial charge in [-0.3, -0.25) is 24.1 Å². The summed E-state index contributed by atoms with van der Waals surface area (Å²) in [6.07, 6.45) is 2.21. The Morgan fingerprint density at radius 2 is 1.50 bits per heavy atom. The fourth-order valence-corrected chi connectivity index (χ4v) is 5.07. The Morgan fingerprint density at radius 3 is 2.00 bits per heavy atom. The van der Waals surface area contributed by atoms with E-state index in [0.29, 0.717) is 29.2 Å². The van der Waals surface area contributed by atoms with Crippen molar-refractivity contribution in [3.8, 4) is 0 Å². The summed E-state index contributed by atoms with van der Waals surface area (Å²) in [5.41, 5.74) is -0.102. The molecule has 1 aliphatic carbocycles. The van der Waals surface area contributed by atoms with E-state index in [2.05, 4.69) is 24.1 Å². The number of hydrogen-bond acceptors (Lipinski definition) is 5. The number of Topliss-reactive ketones (excluding diaryl/α,β-unsaturated/α-hetero) is 2. The molecule has 1 unspecified atom stereocenters. The normalized spacial score (nSPS) is 17.6. The number of carbonyl (C=O) groups is 4. The van der Waals surface area contributed by atoms with Crippen LogP contribution in [0.1, 0.15) is 59.4 Å². The van der Waals surface area contributed by atoms with E-state index in [0.717, 1.165) is 13.1 Å². The third-order valence-electron chi connectivity index (χ3n) is 6.77. The molecule has 34 heavy (non-hydrogen) atoms. The van der Waals surface area contributed by atoms with Gasteiger partial charge in [-0.05, 0) is 37.4 Å². The molecule has 1 atom stereocenters. The van der Waals surface area contributed by atoms with Crippen LogP contribution in [-0.2, 0) is 15.0 Å². The van der Waals surface area contributed by atoms with E-state index in [1.165, 1.54) is 12.8 Å². The maximum absolute atomic E-state index is 13.5. The van der Waals surface area contributed by atoms with Crippen molar-refractivity contribution < 1.29 is 24.3 Å². The third kappa shape index (κ3) is 4.94. The maximum Gasteiger partial charge on any atom is 0.290 e. The van der Waals surface area contributed by atoms with Crippen LogP contribution in [0.2, 0.25) is 0 Å². The molecule has 2 aliphatic rings. The second kappa shape index (κ2) is 11.2. The van der Waals surface area contributed by atoms with Crippen molar-refractivity contribution in [3.63, 3.8) is 0 Å². The molecular weight excluding hydrogens is 432 g/mol. The molecule has 180 valence electrons. The highest BCUT2D eigenvalue weighted by Crippen LogP contribution is 2.42. The molecular formula is C27H32N2O5. The fourth-order valence-electron chi connectivity index (χ4n) is 5.07. The molecule has 0 aromatic heterocycles. The molecule has 2 aromatic carbocycles. The van der Waals surface area contributed by atoms with Gasteiger partial charge in [0.25, 0.3) is 6.47 Å². The Kier molecular flexibility index (Phi) is 8.34. The van der Waals surface area contributed by atoms with Gasteiger partial charge in [0.05, 0.1) is 6.42 Å². The first kappa shape index (κ1) is 25.3. The summed E-state index contributed by atoms with van der Waals surface area (Å²) in [5.74, 6) is -0.424. The van der Waals surface area contributed by atoms with Crippen LogP contribution in [0.4, 0.5) is 0 Å². The molecule has 0 spiro atoms. The summed E-state index contributed by atoms with van der Waals surface area (Å²) in [4.78, 5) is 50.9. The summed E-state index contributed by atoms with van der Waals surface area (Å²) >= 11 is 0. The first-order valence-corrected chi connectivity index (χ1v) is 11.7. The minimum atomic E-state index is -1.49. The summed E-state index contributed by atoms with van der Waals surface area (Å²) in [5, 5.41) is 9.93. The van der Waals surface area contributed by atoms with Gasteiger partial charge < -0.3 is 10.4 Å². The van der Waals surface area contributed by atoms with Crippen molar-refractivity contribution in [2.75, 3.05) is 19.6 Å². The number of nitrogens with one attached hydrogen (secondary N) is 1. The number of rotatable bonds is 7. The summed E-state index contributed by atoms with van der Waals surface area (Å²) in [7, 11) is 0. The molecule has 2 aromatic rings. The van der Waals surface area contributed by atoms with Gasteiger partial charge in [0.1, 0.15) is 5.41 Å². The molecule has 7 heteroatoms. The number of carboxylic acid groups (broad SMARTS) is 1. The Bertz CT molecular complexity index is 993. The first-order chi connectivity index (χ1) is 16.4. The highest BCUT2D eigenvalue weighted by Gasteiger charge is 2.55. The highest BCUT2D eigenvalue weighted by atomic mass is 16.3. The largest absolute Gasteiger partial charge is 0.483 e. The van der Waals surface area contributed by atoms with Gasteiger partial charge in [0.2, 0.25) is 5.91 Å². The minimum absolute atomic E-state index is 0.172. The number of likely N-dealkylation sites (tertiary alicyclic amines) is 1. The Hall–Kier alpha value is -3.32. The summed E-state index contributed by atoms with van der Waals surface area (Å²) < 4.78 is 0. The van der Waals surface area contributed by atoms with Crippen molar-refractivity contribution in [2.45, 2.75) is 44.6 Å². The van der Waals surface area contributed by atoms with Crippen molar-refractivity contribution >= 4 is 23.9 Å². The van der Waals surface area contributed by atoms with Crippen LogP contribution in [0.5, 0.6) is 0 Å². The van der Waals surface area contributed by atoms with E-state index >= 15 is 0 Å². The lowest BCUT2D eigenvalue weighted by atomic mass is 9.73. The smallest absolute Gasteiger partial charge is 0.290 e. The van der Waals surface area contributed by atoms with E-state index in [1.807, 2.05) is 6.07 Å². The molecule has 0 saturated carbocycles. The van der Waals surface area contributed by atoms with E-state index in [9.17, 15) is 14.4 Å². The fraction of sp³-hybridized carbons (Fsp3) is 0.407. The molecule has 1 heterocycles. The van der Waals surface area contributed by atoms with E-state index < -0.39 is 5.41 Å². The predicted octanol–water partition coefficient (Wildman–Crippen LogP) is 3.33. The monoisotopic (exact) mass is 464 g/mol. The average Bonchev–Trinajstić information content (AvgIpc) is 3.43. The van der Waals surface area contributed by atoms with Crippen LogP contribution in [0.3, 0.4) is 0 Å². The molecule has 1 fully saturated rings.